The Kier molecular flexibility index (Phi) is 5.23. The Morgan fingerprint density at radius 1 is 1.20 bits per heavy atom. The van der Waals surface area contributed by atoms with Gasteiger partial charge in [-0.15, -0.1) is 0 Å². The Morgan fingerprint density at radius 3 is 2.52 bits per heavy atom. The van der Waals surface area contributed by atoms with Crippen molar-refractivity contribution in [1.82, 2.24) is 5.32 Å². The summed E-state index contributed by atoms with van der Waals surface area (Å²) in [5.41, 5.74) is 1.09. The van der Waals surface area contributed by atoms with Gasteiger partial charge in [-0.2, -0.15) is 0 Å². The SMILES string of the molecule is CC1(C)OB(c2ccccc2CC(=O)NCC2CCOC2)OC1(C)C. The standard InChI is InChI=1S/C19H28BNO4/c1-18(2)19(3,4)25-20(24-18)16-8-6-5-7-15(16)11-17(22)21-12-14-9-10-23-13-14/h5-8,14H,9-13H2,1-4H3,(H,21,22). The van der Waals surface area contributed by atoms with Gasteiger partial charge in [0, 0.05) is 19.1 Å². The van der Waals surface area contributed by atoms with E-state index >= 15 is 0 Å². The average Bonchev–Trinajstić information content (AvgIpc) is 3.12. The van der Waals surface area contributed by atoms with Crippen molar-refractivity contribution in [2.45, 2.75) is 51.7 Å². The molecule has 0 spiro atoms. The van der Waals surface area contributed by atoms with Crippen LogP contribution in [-0.2, 0) is 25.3 Å². The molecule has 25 heavy (non-hydrogen) atoms. The number of hydrogen-bond acceptors (Lipinski definition) is 4. The minimum absolute atomic E-state index is 0.0240. The fourth-order valence-electron chi connectivity index (χ4n) is 3.13. The molecule has 136 valence electrons. The zero-order valence-electron chi connectivity index (χ0n) is 15.6. The zero-order valence-corrected chi connectivity index (χ0v) is 15.6. The summed E-state index contributed by atoms with van der Waals surface area (Å²) in [7, 11) is -0.447. The second-order valence-corrected chi connectivity index (χ2v) is 8.00. The van der Waals surface area contributed by atoms with Crippen LogP contribution in [-0.4, -0.2) is 44.0 Å². The molecule has 1 amide bonds. The van der Waals surface area contributed by atoms with E-state index in [0.717, 1.165) is 30.7 Å². The summed E-state index contributed by atoms with van der Waals surface area (Å²) in [6, 6.07) is 7.86. The van der Waals surface area contributed by atoms with Crippen molar-refractivity contribution in [2.24, 2.45) is 5.92 Å². The van der Waals surface area contributed by atoms with Crippen LogP contribution in [0.3, 0.4) is 0 Å². The smallest absolute Gasteiger partial charge is 0.399 e. The van der Waals surface area contributed by atoms with Gasteiger partial charge in [-0.05, 0) is 45.1 Å². The molecule has 0 saturated carbocycles. The van der Waals surface area contributed by atoms with Gasteiger partial charge in [-0.25, -0.2) is 0 Å². The van der Waals surface area contributed by atoms with E-state index in [2.05, 4.69) is 5.32 Å². The number of benzene rings is 1. The van der Waals surface area contributed by atoms with E-state index < -0.39 is 18.3 Å². The number of rotatable bonds is 5. The van der Waals surface area contributed by atoms with E-state index in [0.29, 0.717) is 18.9 Å². The third-order valence-electron chi connectivity index (χ3n) is 5.53. The molecule has 5 nitrogen and oxygen atoms in total. The molecule has 1 N–H and O–H groups in total. The monoisotopic (exact) mass is 345 g/mol. The predicted octanol–water partition coefficient (Wildman–Crippen LogP) is 1.68. The fraction of sp³-hybridized carbons (Fsp3) is 0.632. The average molecular weight is 345 g/mol. The van der Waals surface area contributed by atoms with Gasteiger partial charge in [0.1, 0.15) is 0 Å². The number of nitrogens with one attached hydrogen (secondary N) is 1. The molecule has 1 aromatic rings. The second kappa shape index (κ2) is 7.10. The minimum atomic E-state index is -0.447. The predicted molar refractivity (Wildman–Crippen MR) is 97.8 cm³/mol. The first-order chi connectivity index (χ1) is 11.8. The van der Waals surface area contributed by atoms with Gasteiger partial charge in [-0.3, -0.25) is 4.79 Å². The molecule has 2 heterocycles. The van der Waals surface area contributed by atoms with Gasteiger partial charge < -0.3 is 19.4 Å². The maximum absolute atomic E-state index is 12.4. The number of ether oxygens (including phenoxy) is 1. The Bertz CT molecular complexity index is 610. The Balaban J connectivity index is 1.66. The Morgan fingerprint density at radius 2 is 1.88 bits per heavy atom. The molecule has 2 aliphatic rings. The minimum Gasteiger partial charge on any atom is -0.399 e. The van der Waals surface area contributed by atoms with Crippen LogP contribution in [0.25, 0.3) is 0 Å². The van der Waals surface area contributed by atoms with E-state index in [-0.39, 0.29) is 5.91 Å². The lowest BCUT2D eigenvalue weighted by Gasteiger charge is -2.32. The van der Waals surface area contributed by atoms with E-state index in [9.17, 15) is 4.79 Å². The molecular formula is C19H28BNO4. The van der Waals surface area contributed by atoms with Gasteiger partial charge in [0.2, 0.25) is 5.91 Å². The molecule has 0 aromatic heterocycles. The first-order valence-corrected chi connectivity index (χ1v) is 9.06. The highest BCUT2D eigenvalue weighted by molar-refractivity contribution is 6.62. The molecule has 1 aromatic carbocycles. The lowest BCUT2D eigenvalue weighted by Crippen LogP contribution is -2.41. The van der Waals surface area contributed by atoms with Crippen molar-refractivity contribution in [3.63, 3.8) is 0 Å². The first-order valence-electron chi connectivity index (χ1n) is 9.06. The lowest BCUT2D eigenvalue weighted by atomic mass is 9.75. The van der Waals surface area contributed by atoms with Crippen LogP contribution < -0.4 is 10.8 Å². The Labute approximate surface area is 150 Å². The molecule has 2 fully saturated rings. The highest BCUT2D eigenvalue weighted by Crippen LogP contribution is 2.36. The summed E-state index contributed by atoms with van der Waals surface area (Å²) < 4.78 is 17.6. The Hall–Kier alpha value is -1.37. The van der Waals surface area contributed by atoms with Crippen LogP contribution in [0.1, 0.15) is 39.7 Å². The van der Waals surface area contributed by atoms with Crippen LogP contribution in [0.4, 0.5) is 0 Å². The molecule has 0 radical (unpaired) electrons. The summed E-state index contributed by atoms with van der Waals surface area (Å²) in [5, 5.41) is 3.02. The van der Waals surface area contributed by atoms with Crippen LogP contribution >= 0.6 is 0 Å². The molecular weight excluding hydrogens is 317 g/mol. The number of amides is 1. The van der Waals surface area contributed by atoms with Gasteiger partial charge in [0.05, 0.1) is 24.2 Å². The molecule has 0 bridgehead atoms. The second-order valence-electron chi connectivity index (χ2n) is 8.00. The van der Waals surface area contributed by atoms with Gasteiger partial charge in [-0.1, -0.05) is 24.3 Å². The van der Waals surface area contributed by atoms with Crippen molar-refractivity contribution < 1.29 is 18.8 Å². The van der Waals surface area contributed by atoms with Crippen molar-refractivity contribution in [3.05, 3.63) is 29.8 Å². The summed E-state index contributed by atoms with van der Waals surface area (Å²) in [5.74, 6) is 0.457. The normalized spacial score (nSPS) is 24.5. The number of carbonyl (C=O) groups excluding carboxylic acids is 1. The fourth-order valence-corrected chi connectivity index (χ4v) is 3.13. The summed E-state index contributed by atoms with van der Waals surface area (Å²) in [4.78, 5) is 12.4. The lowest BCUT2D eigenvalue weighted by molar-refractivity contribution is -0.120. The van der Waals surface area contributed by atoms with Crippen LogP contribution in [0.15, 0.2) is 24.3 Å². The van der Waals surface area contributed by atoms with Crippen molar-refractivity contribution in [2.75, 3.05) is 19.8 Å². The van der Waals surface area contributed by atoms with Crippen LogP contribution in [0, 0.1) is 5.92 Å². The molecule has 2 saturated heterocycles. The number of carbonyl (C=O) groups is 1. The van der Waals surface area contributed by atoms with Gasteiger partial charge >= 0.3 is 7.12 Å². The summed E-state index contributed by atoms with van der Waals surface area (Å²) in [6.45, 7) is 10.4. The van der Waals surface area contributed by atoms with Gasteiger partial charge in [0.25, 0.3) is 0 Å². The van der Waals surface area contributed by atoms with E-state index in [1.54, 1.807) is 0 Å². The highest BCUT2D eigenvalue weighted by Gasteiger charge is 2.52. The maximum atomic E-state index is 12.4. The molecule has 6 heteroatoms. The van der Waals surface area contributed by atoms with Crippen molar-refractivity contribution in [1.29, 1.82) is 0 Å². The molecule has 1 atom stereocenters. The summed E-state index contributed by atoms with van der Waals surface area (Å²) in [6.07, 6.45) is 1.35. The van der Waals surface area contributed by atoms with E-state index in [1.807, 2.05) is 52.0 Å². The third kappa shape index (κ3) is 4.07. The summed E-state index contributed by atoms with van der Waals surface area (Å²) >= 11 is 0. The van der Waals surface area contributed by atoms with Crippen molar-refractivity contribution >= 4 is 18.5 Å². The van der Waals surface area contributed by atoms with Gasteiger partial charge in [0.15, 0.2) is 0 Å². The first kappa shape index (κ1) is 18.4. The third-order valence-corrected chi connectivity index (χ3v) is 5.53. The maximum Gasteiger partial charge on any atom is 0.495 e. The van der Waals surface area contributed by atoms with Crippen LogP contribution in [0.5, 0.6) is 0 Å². The molecule has 1 unspecified atom stereocenters. The quantitative estimate of drug-likeness (QED) is 0.825. The molecule has 0 aliphatic carbocycles. The van der Waals surface area contributed by atoms with E-state index in [1.165, 1.54) is 0 Å². The topological polar surface area (TPSA) is 56.8 Å². The highest BCUT2D eigenvalue weighted by atomic mass is 16.7. The molecule has 2 aliphatic heterocycles. The largest absolute Gasteiger partial charge is 0.495 e. The van der Waals surface area contributed by atoms with Crippen molar-refractivity contribution in [3.8, 4) is 0 Å². The van der Waals surface area contributed by atoms with Crippen LogP contribution in [0.2, 0.25) is 0 Å². The zero-order chi connectivity index (χ0) is 18.1. The number of hydrogen-bond donors (Lipinski definition) is 1. The molecule has 3 rings (SSSR count). The van der Waals surface area contributed by atoms with E-state index in [4.69, 9.17) is 14.0 Å².